The molecule has 1 aliphatic rings. The van der Waals surface area contributed by atoms with E-state index < -0.39 is 11.9 Å². The average molecular weight is 312 g/mol. The summed E-state index contributed by atoms with van der Waals surface area (Å²) in [5.74, 6) is -1.08. The number of nitrogens with zero attached hydrogens (tertiary/aromatic N) is 3. The fraction of sp³-hybridized carbons (Fsp3) is 0.571. The van der Waals surface area contributed by atoms with Crippen LogP contribution in [0.15, 0.2) is 6.20 Å². The maximum atomic E-state index is 12.5. The van der Waals surface area contributed by atoms with Crippen LogP contribution in [0.1, 0.15) is 48.9 Å². The second-order valence-corrected chi connectivity index (χ2v) is 5.92. The largest absolute Gasteiger partial charge is 0.481 e. The number of carboxylic acid groups (broad SMARTS) is 1. The molecule has 1 aromatic rings. The SMILES string of the molecule is CC(C)c1ncc(Cl)c(C(=O)N2CCC[C@@H](C(=O)O)C2)n1. The summed E-state index contributed by atoms with van der Waals surface area (Å²) in [6.07, 6.45) is 2.69. The number of carbonyl (C=O) groups is 2. The van der Waals surface area contributed by atoms with Crippen LogP contribution in [0.2, 0.25) is 5.02 Å². The van der Waals surface area contributed by atoms with E-state index in [1.165, 1.54) is 11.1 Å². The molecule has 0 spiro atoms. The van der Waals surface area contributed by atoms with Crippen LogP contribution < -0.4 is 0 Å². The van der Waals surface area contributed by atoms with E-state index in [-0.39, 0.29) is 29.1 Å². The summed E-state index contributed by atoms with van der Waals surface area (Å²) in [5.41, 5.74) is 0.154. The standard InChI is InChI=1S/C14H18ClN3O3/c1-8(2)12-16-6-10(15)11(17-12)13(19)18-5-3-4-9(7-18)14(20)21/h6,8-9H,3-5,7H2,1-2H3,(H,20,21)/t9-/m1/s1. The molecule has 1 atom stereocenters. The molecule has 1 N–H and O–H groups in total. The van der Waals surface area contributed by atoms with Gasteiger partial charge in [-0.25, -0.2) is 9.97 Å². The minimum Gasteiger partial charge on any atom is -0.481 e. The summed E-state index contributed by atoms with van der Waals surface area (Å²) in [4.78, 5) is 33.5. The fourth-order valence-electron chi connectivity index (χ4n) is 2.32. The second-order valence-electron chi connectivity index (χ2n) is 5.51. The number of halogens is 1. The highest BCUT2D eigenvalue weighted by Crippen LogP contribution is 2.22. The van der Waals surface area contributed by atoms with Gasteiger partial charge in [0.2, 0.25) is 0 Å². The Hall–Kier alpha value is -1.69. The van der Waals surface area contributed by atoms with Crippen molar-refractivity contribution in [1.29, 1.82) is 0 Å². The van der Waals surface area contributed by atoms with Crippen LogP contribution in [0.4, 0.5) is 0 Å². The Labute approximate surface area is 128 Å². The molecule has 114 valence electrons. The smallest absolute Gasteiger partial charge is 0.308 e. The number of carboxylic acids is 1. The molecular formula is C14H18ClN3O3. The monoisotopic (exact) mass is 311 g/mol. The third kappa shape index (κ3) is 3.50. The Morgan fingerprint density at radius 2 is 2.19 bits per heavy atom. The molecule has 2 heterocycles. The van der Waals surface area contributed by atoms with Crippen LogP contribution in [-0.2, 0) is 4.79 Å². The van der Waals surface area contributed by atoms with Gasteiger partial charge in [0.15, 0.2) is 5.69 Å². The molecule has 21 heavy (non-hydrogen) atoms. The summed E-state index contributed by atoms with van der Waals surface area (Å²) < 4.78 is 0. The van der Waals surface area contributed by atoms with E-state index >= 15 is 0 Å². The number of likely N-dealkylation sites (tertiary alicyclic amines) is 1. The number of aliphatic carboxylic acids is 1. The van der Waals surface area contributed by atoms with Crippen molar-refractivity contribution in [2.45, 2.75) is 32.6 Å². The van der Waals surface area contributed by atoms with Crippen LogP contribution >= 0.6 is 11.6 Å². The fourth-order valence-corrected chi connectivity index (χ4v) is 2.49. The topological polar surface area (TPSA) is 83.4 Å². The van der Waals surface area contributed by atoms with E-state index in [0.29, 0.717) is 25.2 Å². The number of hydrogen-bond acceptors (Lipinski definition) is 4. The van der Waals surface area contributed by atoms with Gasteiger partial charge in [0.25, 0.3) is 5.91 Å². The molecule has 1 amide bonds. The Morgan fingerprint density at radius 3 is 2.81 bits per heavy atom. The van der Waals surface area contributed by atoms with Gasteiger partial charge in [-0.05, 0) is 12.8 Å². The highest BCUT2D eigenvalue weighted by Gasteiger charge is 2.30. The van der Waals surface area contributed by atoms with E-state index in [1.54, 1.807) is 0 Å². The van der Waals surface area contributed by atoms with Crippen LogP contribution in [0, 0.1) is 5.92 Å². The molecule has 1 saturated heterocycles. The second kappa shape index (κ2) is 6.39. The Kier molecular flexibility index (Phi) is 4.77. The zero-order valence-electron chi connectivity index (χ0n) is 12.0. The normalized spacial score (nSPS) is 18.9. The van der Waals surface area contributed by atoms with E-state index in [0.717, 1.165) is 0 Å². The van der Waals surface area contributed by atoms with E-state index in [9.17, 15) is 9.59 Å². The van der Waals surface area contributed by atoms with Crippen molar-refractivity contribution >= 4 is 23.5 Å². The maximum absolute atomic E-state index is 12.5. The summed E-state index contributed by atoms with van der Waals surface area (Å²) in [6.45, 7) is 4.59. The van der Waals surface area contributed by atoms with Crippen molar-refractivity contribution in [3.8, 4) is 0 Å². The zero-order valence-corrected chi connectivity index (χ0v) is 12.8. The first kappa shape index (κ1) is 15.7. The number of aromatic nitrogens is 2. The number of hydrogen-bond donors (Lipinski definition) is 1. The molecule has 0 bridgehead atoms. The van der Waals surface area contributed by atoms with Gasteiger partial charge < -0.3 is 10.0 Å². The van der Waals surface area contributed by atoms with Crippen molar-refractivity contribution in [3.63, 3.8) is 0 Å². The molecule has 1 fully saturated rings. The highest BCUT2D eigenvalue weighted by atomic mass is 35.5. The molecule has 2 rings (SSSR count). The lowest BCUT2D eigenvalue weighted by Gasteiger charge is -2.30. The Morgan fingerprint density at radius 1 is 1.48 bits per heavy atom. The van der Waals surface area contributed by atoms with Gasteiger partial charge in [0.1, 0.15) is 5.82 Å². The molecule has 6 nitrogen and oxygen atoms in total. The molecule has 7 heteroatoms. The van der Waals surface area contributed by atoms with Crippen LogP contribution in [0.5, 0.6) is 0 Å². The van der Waals surface area contributed by atoms with E-state index in [4.69, 9.17) is 16.7 Å². The van der Waals surface area contributed by atoms with Crippen molar-refractivity contribution in [2.75, 3.05) is 13.1 Å². The van der Waals surface area contributed by atoms with E-state index in [1.807, 2.05) is 13.8 Å². The molecule has 0 saturated carbocycles. The number of piperidine rings is 1. The Balaban J connectivity index is 2.23. The lowest BCUT2D eigenvalue weighted by molar-refractivity contribution is -0.143. The molecule has 0 aromatic carbocycles. The molecule has 0 radical (unpaired) electrons. The van der Waals surface area contributed by atoms with Gasteiger partial charge in [-0.1, -0.05) is 25.4 Å². The Bertz CT molecular complexity index is 562. The number of amides is 1. The van der Waals surface area contributed by atoms with Gasteiger partial charge in [-0.15, -0.1) is 0 Å². The summed E-state index contributed by atoms with van der Waals surface area (Å²) in [7, 11) is 0. The van der Waals surface area contributed by atoms with Crippen molar-refractivity contribution in [1.82, 2.24) is 14.9 Å². The molecular weight excluding hydrogens is 294 g/mol. The first-order valence-corrected chi connectivity index (χ1v) is 7.32. The molecule has 1 aliphatic heterocycles. The molecule has 1 aromatic heterocycles. The summed E-state index contributed by atoms with van der Waals surface area (Å²) >= 11 is 6.03. The van der Waals surface area contributed by atoms with Crippen molar-refractivity contribution in [3.05, 3.63) is 22.7 Å². The third-order valence-corrected chi connectivity index (χ3v) is 3.82. The van der Waals surface area contributed by atoms with Gasteiger partial charge in [-0.2, -0.15) is 0 Å². The highest BCUT2D eigenvalue weighted by molar-refractivity contribution is 6.33. The lowest BCUT2D eigenvalue weighted by Crippen LogP contribution is -2.42. The average Bonchev–Trinajstić information content (AvgIpc) is 2.47. The predicted octanol–water partition coefficient (Wildman–Crippen LogP) is 2.19. The first-order chi connectivity index (χ1) is 9.90. The maximum Gasteiger partial charge on any atom is 0.308 e. The van der Waals surface area contributed by atoms with Gasteiger partial charge in [0, 0.05) is 19.0 Å². The van der Waals surface area contributed by atoms with Crippen LogP contribution in [0.3, 0.4) is 0 Å². The third-order valence-electron chi connectivity index (χ3n) is 3.54. The number of rotatable bonds is 3. The summed E-state index contributed by atoms with van der Waals surface area (Å²) in [5, 5.41) is 9.29. The van der Waals surface area contributed by atoms with Gasteiger partial charge in [0.05, 0.1) is 17.1 Å². The first-order valence-electron chi connectivity index (χ1n) is 6.94. The minimum atomic E-state index is -0.871. The zero-order chi connectivity index (χ0) is 15.6. The van der Waals surface area contributed by atoms with Crippen LogP contribution in [0.25, 0.3) is 0 Å². The number of carbonyl (C=O) groups excluding carboxylic acids is 1. The van der Waals surface area contributed by atoms with Gasteiger partial charge >= 0.3 is 5.97 Å². The molecule has 0 unspecified atom stereocenters. The molecule has 0 aliphatic carbocycles. The van der Waals surface area contributed by atoms with Crippen molar-refractivity contribution in [2.24, 2.45) is 5.92 Å². The quantitative estimate of drug-likeness (QED) is 0.925. The minimum absolute atomic E-state index is 0.0851. The predicted molar refractivity (Wildman–Crippen MR) is 77.4 cm³/mol. The van der Waals surface area contributed by atoms with E-state index in [2.05, 4.69) is 9.97 Å². The van der Waals surface area contributed by atoms with Crippen molar-refractivity contribution < 1.29 is 14.7 Å². The summed E-state index contributed by atoms with van der Waals surface area (Å²) in [6, 6.07) is 0. The van der Waals surface area contributed by atoms with Crippen LogP contribution in [-0.4, -0.2) is 44.9 Å². The lowest BCUT2D eigenvalue weighted by atomic mass is 9.98. The van der Waals surface area contributed by atoms with Gasteiger partial charge in [-0.3, -0.25) is 9.59 Å².